The molecule has 2 heterocycles. The van der Waals surface area contributed by atoms with Gasteiger partial charge in [-0.25, -0.2) is 17.9 Å². The third-order valence-electron chi connectivity index (χ3n) is 4.19. The van der Waals surface area contributed by atoms with E-state index in [0.29, 0.717) is 23.7 Å². The second-order valence-electron chi connectivity index (χ2n) is 6.22. The van der Waals surface area contributed by atoms with Crippen LogP contribution in [0.4, 0.5) is 10.5 Å². The van der Waals surface area contributed by atoms with Crippen LogP contribution in [-0.2, 0) is 10.0 Å². The van der Waals surface area contributed by atoms with Gasteiger partial charge < -0.3 is 14.6 Å². The highest BCUT2D eigenvalue weighted by Crippen LogP contribution is 2.22. The number of anilines is 1. The zero-order valence-electron chi connectivity index (χ0n) is 14.4. The average Bonchev–Trinajstić information content (AvgIpc) is 3.14. The number of piperidine rings is 1. The fourth-order valence-corrected chi connectivity index (χ4v) is 3.45. The second kappa shape index (κ2) is 7.83. The Hall–Kier alpha value is -2.46. The van der Waals surface area contributed by atoms with Crippen molar-refractivity contribution in [3.05, 3.63) is 30.7 Å². The maximum Gasteiger partial charge on any atom is 0.322 e. The fourth-order valence-electron chi connectivity index (χ4n) is 2.95. The van der Waals surface area contributed by atoms with Gasteiger partial charge in [-0.3, -0.25) is 0 Å². The van der Waals surface area contributed by atoms with E-state index in [2.05, 4.69) is 20.2 Å². The second-order valence-corrected chi connectivity index (χ2v) is 8.05. The number of benzene rings is 1. The molecule has 1 aromatic heterocycles. The molecule has 2 N–H and O–H groups in total. The van der Waals surface area contributed by atoms with Crippen LogP contribution >= 0.6 is 0 Å². The highest BCUT2D eigenvalue weighted by Gasteiger charge is 2.27. The molecule has 140 valence electrons. The van der Waals surface area contributed by atoms with Gasteiger partial charge in [-0.2, -0.15) is 0 Å². The van der Waals surface area contributed by atoms with Gasteiger partial charge in [0.2, 0.25) is 22.3 Å². The number of carbonyl (C=O) groups excluding carboxylic acids is 1. The van der Waals surface area contributed by atoms with E-state index < -0.39 is 10.0 Å². The van der Waals surface area contributed by atoms with E-state index in [0.717, 1.165) is 25.5 Å². The van der Waals surface area contributed by atoms with Gasteiger partial charge >= 0.3 is 6.03 Å². The van der Waals surface area contributed by atoms with E-state index in [1.54, 1.807) is 23.1 Å². The number of urea groups is 1. The molecule has 0 unspecified atom stereocenters. The van der Waals surface area contributed by atoms with Crippen molar-refractivity contribution in [3.63, 3.8) is 0 Å². The lowest BCUT2D eigenvalue weighted by Gasteiger charge is -2.35. The molecule has 1 atom stereocenters. The van der Waals surface area contributed by atoms with Crippen molar-refractivity contribution < 1.29 is 17.6 Å². The van der Waals surface area contributed by atoms with E-state index in [-0.39, 0.29) is 18.6 Å². The first-order valence-electron chi connectivity index (χ1n) is 8.31. The van der Waals surface area contributed by atoms with Crippen LogP contribution in [0.15, 0.2) is 35.1 Å². The van der Waals surface area contributed by atoms with Gasteiger partial charge in [-0.15, -0.1) is 10.2 Å². The maximum atomic E-state index is 12.7. The van der Waals surface area contributed by atoms with Crippen molar-refractivity contribution in [1.82, 2.24) is 19.8 Å². The number of rotatable bonds is 5. The third-order valence-corrected chi connectivity index (χ3v) is 4.88. The summed E-state index contributed by atoms with van der Waals surface area (Å²) in [6, 6.07) is 6.69. The molecular weight excluding hydrogens is 358 g/mol. The molecular formula is C16H21N5O4S. The van der Waals surface area contributed by atoms with Crippen LogP contribution in [0.3, 0.4) is 0 Å². The van der Waals surface area contributed by atoms with Gasteiger partial charge in [0.25, 0.3) is 0 Å². The first-order chi connectivity index (χ1) is 12.4. The van der Waals surface area contributed by atoms with Crippen LogP contribution in [0, 0.1) is 0 Å². The van der Waals surface area contributed by atoms with Gasteiger partial charge in [-0.1, -0.05) is 6.07 Å². The van der Waals surface area contributed by atoms with Gasteiger partial charge in [-0.05, 0) is 37.5 Å². The first kappa shape index (κ1) is 18.3. The first-order valence-corrected chi connectivity index (χ1v) is 10.2. The van der Waals surface area contributed by atoms with E-state index in [1.807, 2.05) is 6.07 Å². The van der Waals surface area contributed by atoms with Gasteiger partial charge in [0.1, 0.15) is 0 Å². The van der Waals surface area contributed by atoms with Crippen molar-refractivity contribution in [2.45, 2.75) is 25.3 Å². The molecule has 0 saturated carbocycles. The molecule has 2 aromatic rings. The minimum atomic E-state index is -3.29. The van der Waals surface area contributed by atoms with Crippen LogP contribution in [0.2, 0.25) is 0 Å². The highest BCUT2D eigenvalue weighted by atomic mass is 32.2. The Bertz CT molecular complexity index is 853. The van der Waals surface area contributed by atoms with E-state index in [9.17, 15) is 13.2 Å². The quantitative estimate of drug-likeness (QED) is 0.816. The number of nitrogens with zero attached hydrogens (tertiary/aromatic N) is 3. The summed E-state index contributed by atoms with van der Waals surface area (Å²) in [5, 5.41) is 10.4. The Kier molecular flexibility index (Phi) is 5.52. The molecule has 2 amide bonds. The number of likely N-dealkylation sites (tertiary alicyclic amines) is 1. The number of hydrogen-bond acceptors (Lipinski definition) is 6. The molecule has 9 nitrogen and oxygen atoms in total. The number of nitrogens with one attached hydrogen (secondary N) is 2. The van der Waals surface area contributed by atoms with Crippen molar-refractivity contribution in [2.24, 2.45) is 0 Å². The molecule has 0 radical (unpaired) electrons. The summed E-state index contributed by atoms with van der Waals surface area (Å²) in [6.07, 6.45) is 4.98. The van der Waals surface area contributed by atoms with Crippen molar-refractivity contribution in [2.75, 3.05) is 24.7 Å². The normalized spacial score (nSPS) is 17.9. The van der Waals surface area contributed by atoms with Gasteiger partial charge in [0, 0.05) is 30.4 Å². The topological polar surface area (TPSA) is 117 Å². The molecule has 1 fully saturated rings. The predicted molar refractivity (Wildman–Crippen MR) is 95.9 cm³/mol. The van der Waals surface area contributed by atoms with E-state index >= 15 is 0 Å². The lowest BCUT2D eigenvalue weighted by atomic mass is 10.0. The summed E-state index contributed by atoms with van der Waals surface area (Å²) in [5.74, 6) is 0.370. The number of aromatic nitrogens is 2. The summed E-state index contributed by atoms with van der Waals surface area (Å²) < 4.78 is 30.3. The Balaban J connectivity index is 1.68. The Morgan fingerprint density at radius 3 is 2.96 bits per heavy atom. The standard InChI is InChI=1S/C16H21N5O4S/c1-26(23,24)18-10-14-7-2-3-8-21(14)16(22)19-13-6-4-5-12(9-13)15-20-17-11-25-15/h4-6,9,11,14,18H,2-3,7-8,10H2,1H3,(H,19,22)/t14-/m1/s1. The maximum absolute atomic E-state index is 12.7. The largest absolute Gasteiger partial charge is 0.423 e. The van der Waals surface area contributed by atoms with Crippen LogP contribution in [-0.4, -0.2) is 54.9 Å². The zero-order valence-corrected chi connectivity index (χ0v) is 15.2. The zero-order chi connectivity index (χ0) is 18.6. The van der Waals surface area contributed by atoms with Gasteiger partial charge in [0.05, 0.1) is 6.26 Å². The number of hydrogen-bond donors (Lipinski definition) is 2. The highest BCUT2D eigenvalue weighted by molar-refractivity contribution is 7.88. The molecule has 1 saturated heterocycles. The molecule has 3 rings (SSSR count). The Morgan fingerprint density at radius 2 is 2.23 bits per heavy atom. The molecule has 10 heteroatoms. The lowest BCUT2D eigenvalue weighted by Crippen LogP contribution is -2.50. The number of carbonyl (C=O) groups is 1. The minimum Gasteiger partial charge on any atom is -0.423 e. The molecule has 0 spiro atoms. The molecule has 1 aliphatic rings. The number of sulfonamides is 1. The van der Waals surface area contributed by atoms with Crippen LogP contribution < -0.4 is 10.0 Å². The molecule has 1 aliphatic heterocycles. The van der Waals surface area contributed by atoms with Crippen LogP contribution in [0.5, 0.6) is 0 Å². The lowest BCUT2D eigenvalue weighted by molar-refractivity contribution is 0.164. The Morgan fingerprint density at radius 1 is 1.38 bits per heavy atom. The predicted octanol–water partition coefficient (Wildman–Crippen LogP) is 1.67. The smallest absolute Gasteiger partial charge is 0.322 e. The van der Waals surface area contributed by atoms with Crippen LogP contribution in [0.25, 0.3) is 11.5 Å². The SMILES string of the molecule is CS(=O)(=O)NC[C@H]1CCCCN1C(=O)Nc1cccc(-c2nnco2)c1. The van der Waals surface area contributed by atoms with Crippen LogP contribution in [0.1, 0.15) is 19.3 Å². The van der Waals surface area contributed by atoms with Gasteiger partial charge in [0.15, 0.2) is 0 Å². The van der Waals surface area contributed by atoms with E-state index in [1.165, 1.54) is 6.39 Å². The molecule has 26 heavy (non-hydrogen) atoms. The molecule has 0 bridgehead atoms. The minimum absolute atomic E-state index is 0.169. The van der Waals surface area contributed by atoms with Crippen molar-refractivity contribution >= 4 is 21.7 Å². The van der Waals surface area contributed by atoms with E-state index in [4.69, 9.17) is 4.42 Å². The monoisotopic (exact) mass is 379 g/mol. The average molecular weight is 379 g/mol. The Labute approximate surface area is 151 Å². The summed E-state index contributed by atoms with van der Waals surface area (Å²) in [5.41, 5.74) is 1.31. The fraction of sp³-hybridized carbons (Fsp3) is 0.438. The summed E-state index contributed by atoms with van der Waals surface area (Å²) in [6.45, 7) is 0.805. The summed E-state index contributed by atoms with van der Waals surface area (Å²) >= 11 is 0. The number of amides is 2. The van der Waals surface area contributed by atoms with Crippen molar-refractivity contribution in [3.8, 4) is 11.5 Å². The van der Waals surface area contributed by atoms with Crippen molar-refractivity contribution in [1.29, 1.82) is 0 Å². The molecule has 0 aliphatic carbocycles. The molecule has 1 aromatic carbocycles. The summed E-state index contributed by atoms with van der Waals surface area (Å²) in [7, 11) is -3.29. The summed E-state index contributed by atoms with van der Waals surface area (Å²) in [4.78, 5) is 14.4. The third kappa shape index (κ3) is 4.79.